The Morgan fingerprint density at radius 2 is 1.86 bits per heavy atom. The van der Waals surface area contributed by atoms with Crippen molar-refractivity contribution in [3.63, 3.8) is 0 Å². The lowest BCUT2D eigenvalue weighted by Gasteiger charge is -2.05. The smallest absolute Gasteiger partial charge is 0.307 e. The second-order valence-corrected chi connectivity index (χ2v) is 6.66. The van der Waals surface area contributed by atoms with Crippen molar-refractivity contribution in [1.29, 1.82) is 0 Å². The molecule has 0 spiro atoms. The Kier molecular flexibility index (Phi) is 4.62. The zero-order valence-electron chi connectivity index (χ0n) is 12.3. The first-order valence-corrected chi connectivity index (χ1v) is 8.05. The van der Waals surface area contributed by atoms with Gasteiger partial charge in [-0.15, -0.1) is 0 Å². The van der Waals surface area contributed by atoms with Crippen LogP contribution in [0.1, 0.15) is 17.0 Å². The van der Waals surface area contributed by atoms with Crippen LogP contribution in [0.2, 0.25) is 0 Å². The van der Waals surface area contributed by atoms with E-state index in [1.54, 1.807) is 42.8 Å². The Balaban J connectivity index is 2.04. The summed E-state index contributed by atoms with van der Waals surface area (Å²) < 4.78 is 28.3. The third kappa shape index (κ3) is 3.92. The fourth-order valence-corrected chi connectivity index (χ4v) is 2.91. The van der Waals surface area contributed by atoms with Gasteiger partial charge >= 0.3 is 5.97 Å². The Hall–Kier alpha value is -2.19. The van der Waals surface area contributed by atoms with E-state index >= 15 is 0 Å². The number of carbonyl (C=O) groups is 1. The number of aryl methyl sites for hydroxylation is 2. The van der Waals surface area contributed by atoms with Crippen LogP contribution >= 0.6 is 0 Å². The molecule has 8 heteroatoms. The monoisotopic (exact) mass is 323 g/mol. The van der Waals surface area contributed by atoms with Gasteiger partial charge in [0.2, 0.25) is 0 Å². The highest BCUT2D eigenvalue weighted by molar-refractivity contribution is 7.89. The topological polar surface area (TPSA) is 101 Å². The highest BCUT2D eigenvalue weighted by Gasteiger charge is 2.18. The van der Waals surface area contributed by atoms with Gasteiger partial charge < -0.3 is 9.67 Å². The van der Waals surface area contributed by atoms with Crippen molar-refractivity contribution in [2.75, 3.05) is 0 Å². The number of nitrogens with one attached hydrogen (secondary N) is 1. The third-order valence-electron chi connectivity index (χ3n) is 3.21. The molecule has 118 valence electrons. The number of aliphatic carboxylic acids is 1. The van der Waals surface area contributed by atoms with Gasteiger partial charge in [0.05, 0.1) is 6.42 Å². The second kappa shape index (κ2) is 6.29. The molecule has 0 amide bonds. The summed E-state index contributed by atoms with van der Waals surface area (Å²) in [6.07, 6.45) is 1.40. The van der Waals surface area contributed by atoms with E-state index in [2.05, 4.69) is 9.71 Å². The Morgan fingerprint density at radius 1 is 1.27 bits per heavy atom. The van der Waals surface area contributed by atoms with E-state index in [9.17, 15) is 13.2 Å². The van der Waals surface area contributed by atoms with Gasteiger partial charge in [0.25, 0.3) is 10.0 Å². The molecule has 1 aromatic carbocycles. The van der Waals surface area contributed by atoms with E-state index in [4.69, 9.17) is 5.11 Å². The number of hydrogen-bond donors (Lipinski definition) is 2. The first kappa shape index (κ1) is 16.2. The number of hydrogen-bond acceptors (Lipinski definition) is 4. The van der Waals surface area contributed by atoms with Crippen molar-refractivity contribution in [2.45, 2.75) is 24.9 Å². The fourth-order valence-electron chi connectivity index (χ4n) is 1.86. The number of rotatable bonds is 6. The van der Waals surface area contributed by atoms with Gasteiger partial charge in [-0.3, -0.25) is 4.79 Å². The predicted molar refractivity (Wildman–Crippen MR) is 79.8 cm³/mol. The van der Waals surface area contributed by atoms with Gasteiger partial charge in [-0.1, -0.05) is 24.3 Å². The lowest BCUT2D eigenvalue weighted by atomic mass is 10.1. The summed E-state index contributed by atoms with van der Waals surface area (Å²) in [5, 5.41) is 8.68. The van der Waals surface area contributed by atoms with Crippen LogP contribution < -0.4 is 4.72 Å². The van der Waals surface area contributed by atoms with Crippen LogP contribution in [0, 0.1) is 6.92 Å². The van der Waals surface area contributed by atoms with E-state index in [1.807, 2.05) is 0 Å². The molecule has 0 aliphatic rings. The zero-order chi connectivity index (χ0) is 16.3. The molecular formula is C14H17N3O4S. The summed E-state index contributed by atoms with van der Waals surface area (Å²) in [6, 6.07) is 6.74. The average Bonchev–Trinajstić information content (AvgIpc) is 2.78. The summed E-state index contributed by atoms with van der Waals surface area (Å²) >= 11 is 0. The van der Waals surface area contributed by atoms with Crippen molar-refractivity contribution in [3.8, 4) is 0 Å². The summed E-state index contributed by atoms with van der Waals surface area (Å²) in [5.74, 6) is -0.294. The summed E-state index contributed by atoms with van der Waals surface area (Å²) in [5.41, 5.74) is 1.41. The van der Waals surface area contributed by atoms with E-state index in [0.29, 0.717) is 11.4 Å². The number of imidazole rings is 1. The fraction of sp³-hybridized carbons (Fsp3) is 0.286. The van der Waals surface area contributed by atoms with Crippen LogP contribution in [0.3, 0.4) is 0 Å². The highest BCUT2D eigenvalue weighted by atomic mass is 32.2. The molecule has 2 rings (SSSR count). The van der Waals surface area contributed by atoms with Crippen LogP contribution in [0.25, 0.3) is 0 Å². The molecule has 7 nitrogen and oxygen atoms in total. The molecular weight excluding hydrogens is 306 g/mol. The van der Waals surface area contributed by atoms with Crippen LogP contribution in [-0.2, 0) is 34.8 Å². The molecule has 2 N–H and O–H groups in total. The first-order chi connectivity index (χ1) is 10.3. The standard InChI is InChI=1S/C14H17N3O4S/c1-10-16-13(9-17(10)2)22(20,21)15-8-12-5-3-11(4-6-12)7-14(18)19/h3-6,9,15H,7-8H2,1-2H3,(H,18,19). The van der Waals surface area contributed by atoms with Crippen molar-refractivity contribution >= 4 is 16.0 Å². The minimum atomic E-state index is -3.67. The Bertz CT molecular complexity index is 759. The number of carboxylic acids is 1. The van der Waals surface area contributed by atoms with Gasteiger partial charge in [0, 0.05) is 19.8 Å². The normalized spacial score (nSPS) is 11.5. The van der Waals surface area contributed by atoms with E-state index in [-0.39, 0.29) is 18.0 Å². The summed E-state index contributed by atoms with van der Waals surface area (Å²) in [4.78, 5) is 14.6. The minimum Gasteiger partial charge on any atom is -0.481 e. The maximum atomic E-state index is 12.1. The van der Waals surface area contributed by atoms with Gasteiger partial charge in [0.1, 0.15) is 5.82 Å². The molecule has 0 aliphatic heterocycles. The molecule has 0 aliphatic carbocycles. The van der Waals surface area contributed by atoms with Gasteiger partial charge in [-0.2, -0.15) is 0 Å². The molecule has 0 saturated carbocycles. The third-order valence-corrected chi connectivity index (χ3v) is 4.48. The average molecular weight is 323 g/mol. The quantitative estimate of drug-likeness (QED) is 0.820. The van der Waals surface area contributed by atoms with E-state index in [1.165, 1.54) is 6.20 Å². The van der Waals surface area contributed by atoms with Crippen molar-refractivity contribution < 1.29 is 18.3 Å². The van der Waals surface area contributed by atoms with Crippen LogP contribution in [-0.4, -0.2) is 29.0 Å². The molecule has 0 bridgehead atoms. The SMILES string of the molecule is Cc1nc(S(=O)(=O)NCc2ccc(CC(=O)O)cc2)cn1C. The van der Waals surface area contributed by atoms with Crippen LogP contribution in [0.5, 0.6) is 0 Å². The number of benzene rings is 1. The number of nitrogens with zero attached hydrogens (tertiary/aromatic N) is 2. The predicted octanol–water partition coefficient (Wildman–Crippen LogP) is 0.834. The Labute approximate surface area is 128 Å². The van der Waals surface area contributed by atoms with E-state index in [0.717, 1.165) is 5.56 Å². The summed E-state index contributed by atoms with van der Waals surface area (Å²) in [6.45, 7) is 1.84. The maximum Gasteiger partial charge on any atom is 0.307 e. The molecule has 1 aromatic heterocycles. The second-order valence-electron chi connectivity index (χ2n) is 4.95. The first-order valence-electron chi connectivity index (χ1n) is 6.57. The molecule has 0 radical (unpaired) electrons. The van der Waals surface area contributed by atoms with Gasteiger partial charge in [-0.05, 0) is 18.1 Å². The molecule has 0 unspecified atom stereocenters. The molecule has 0 atom stereocenters. The highest BCUT2D eigenvalue weighted by Crippen LogP contribution is 2.10. The number of carboxylic acid groups (broad SMARTS) is 1. The van der Waals surface area contributed by atoms with Crippen molar-refractivity contribution in [1.82, 2.24) is 14.3 Å². The Morgan fingerprint density at radius 3 is 2.36 bits per heavy atom. The number of sulfonamides is 1. The lowest BCUT2D eigenvalue weighted by molar-refractivity contribution is -0.136. The molecule has 0 fully saturated rings. The largest absolute Gasteiger partial charge is 0.481 e. The molecule has 1 heterocycles. The zero-order valence-corrected chi connectivity index (χ0v) is 13.1. The van der Waals surface area contributed by atoms with E-state index < -0.39 is 16.0 Å². The molecule has 0 saturated heterocycles. The maximum absolute atomic E-state index is 12.1. The minimum absolute atomic E-state index is 0.0185. The van der Waals surface area contributed by atoms with Crippen LogP contribution in [0.15, 0.2) is 35.5 Å². The molecule has 22 heavy (non-hydrogen) atoms. The van der Waals surface area contributed by atoms with Crippen molar-refractivity contribution in [3.05, 3.63) is 47.4 Å². The van der Waals surface area contributed by atoms with Gasteiger partial charge in [-0.25, -0.2) is 18.1 Å². The van der Waals surface area contributed by atoms with Gasteiger partial charge in [0.15, 0.2) is 5.03 Å². The molecule has 2 aromatic rings. The summed E-state index contributed by atoms with van der Waals surface area (Å²) in [7, 11) is -1.94. The lowest BCUT2D eigenvalue weighted by Crippen LogP contribution is -2.23. The van der Waals surface area contributed by atoms with Crippen LogP contribution in [0.4, 0.5) is 0 Å². The van der Waals surface area contributed by atoms with Crippen molar-refractivity contribution in [2.24, 2.45) is 7.05 Å². The number of aromatic nitrogens is 2.